The third-order valence-corrected chi connectivity index (χ3v) is 3.94. The molecule has 1 amide bonds. The van der Waals surface area contributed by atoms with Crippen molar-refractivity contribution in [2.75, 3.05) is 26.8 Å². The first-order chi connectivity index (χ1) is 10.5. The van der Waals surface area contributed by atoms with Crippen LogP contribution in [0.25, 0.3) is 10.9 Å². The van der Waals surface area contributed by atoms with Crippen molar-refractivity contribution in [1.29, 1.82) is 0 Å². The maximum absolute atomic E-state index is 13.0. The number of aromatic nitrogens is 1. The highest BCUT2D eigenvalue weighted by Crippen LogP contribution is 2.25. The molecule has 1 aromatic carbocycles. The second-order valence-electron chi connectivity index (χ2n) is 6.39. The molecule has 1 fully saturated rings. The van der Waals surface area contributed by atoms with E-state index in [1.807, 2.05) is 49.2 Å². The van der Waals surface area contributed by atoms with E-state index >= 15 is 0 Å². The average molecular weight is 302 g/mol. The monoisotopic (exact) mass is 302 g/mol. The molecule has 1 N–H and O–H groups in total. The van der Waals surface area contributed by atoms with Crippen LogP contribution in [0, 0.1) is 0 Å². The van der Waals surface area contributed by atoms with Gasteiger partial charge in [0, 0.05) is 31.8 Å². The van der Waals surface area contributed by atoms with Crippen LogP contribution in [0.2, 0.25) is 0 Å². The molecular formula is C17H22N2O3. The predicted octanol–water partition coefficient (Wildman–Crippen LogP) is 2.43. The summed E-state index contributed by atoms with van der Waals surface area (Å²) in [4.78, 5) is 18.0. The third-order valence-electron chi connectivity index (χ3n) is 3.94. The van der Waals surface area contributed by atoms with Crippen molar-refractivity contribution in [3.8, 4) is 0 Å². The summed E-state index contributed by atoms with van der Waals surface area (Å²) in [6, 6.07) is 7.76. The molecule has 118 valence electrons. The van der Waals surface area contributed by atoms with Crippen molar-refractivity contribution in [2.45, 2.75) is 25.6 Å². The van der Waals surface area contributed by atoms with Crippen LogP contribution < -0.4 is 0 Å². The number of morpholine rings is 1. The van der Waals surface area contributed by atoms with Crippen LogP contribution in [0.1, 0.15) is 24.2 Å². The molecule has 1 atom stereocenters. The molecule has 0 unspecified atom stereocenters. The lowest BCUT2D eigenvalue weighted by molar-refractivity contribution is -0.143. The fourth-order valence-corrected chi connectivity index (χ4v) is 3.16. The fraction of sp³-hybridized carbons (Fsp3) is 0.471. The second kappa shape index (κ2) is 5.74. The smallest absolute Gasteiger partial charge is 0.256 e. The molecule has 1 aromatic heterocycles. The van der Waals surface area contributed by atoms with E-state index < -0.39 is 0 Å². The van der Waals surface area contributed by atoms with Gasteiger partial charge in [-0.3, -0.25) is 4.79 Å². The largest absolute Gasteiger partial charge is 0.382 e. The number of amides is 1. The fourth-order valence-electron chi connectivity index (χ4n) is 3.16. The Bertz CT molecular complexity index is 677. The molecule has 0 aliphatic carbocycles. The minimum absolute atomic E-state index is 0.0329. The van der Waals surface area contributed by atoms with Gasteiger partial charge in [-0.25, -0.2) is 0 Å². The maximum Gasteiger partial charge on any atom is 0.256 e. The van der Waals surface area contributed by atoms with Gasteiger partial charge in [-0.2, -0.15) is 0 Å². The number of rotatable bonds is 3. The molecule has 22 heavy (non-hydrogen) atoms. The highest BCUT2D eigenvalue weighted by Gasteiger charge is 2.36. The van der Waals surface area contributed by atoms with Gasteiger partial charge >= 0.3 is 0 Å². The highest BCUT2D eigenvalue weighted by atomic mass is 16.5. The van der Waals surface area contributed by atoms with Gasteiger partial charge in [0.2, 0.25) is 0 Å². The lowest BCUT2D eigenvalue weighted by Gasteiger charge is -2.42. The van der Waals surface area contributed by atoms with Gasteiger partial charge < -0.3 is 19.4 Å². The Balaban J connectivity index is 1.89. The highest BCUT2D eigenvalue weighted by molar-refractivity contribution is 6.05. The van der Waals surface area contributed by atoms with Crippen LogP contribution in [-0.4, -0.2) is 54.3 Å². The van der Waals surface area contributed by atoms with Crippen LogP contribution in [0.3, 0.4) is 0 Å². The normalized spacial score (nSPS) is 21.2. The molecule has 1 aliphatic rings. The van der Waals surface area contributed by atoms with Crippen LogP contribution in [0.5, 0.6) is 0 Å². The summed E-state index contributed by atoms with van der Waals surface area (Å²) in [5.41, 5.74) is 1.22. The molecule has 1 saturated heterocycles. The van der Waals surface area contributed by atoms with Crippen LogP contribution in [0.4, 0.5) is 0 Å². The van der Waals surface area contributed by atoms with Crippen molar-refractivity contribution < 1.29 is 14.3 Å². The number of fused-ring (bicyclic) bond motifs is 1. The Hall–Kier alpha value is -1.85. The predicted molar refractivity (Wildman–Crippen MR) is 85.0 cm³/mol. The first-order valence-electron chi connectivity index (χ1n) is 7.52. The van der Waals surface area contributed by atoms with Crippen molar-refractivity contribution in [3.63, 3.8) is 0 Å². The Morgan fingerprint density at radius 2 is 2.27 bits per heavy atom. The number of carbonyl (C=O) groups excluding carboxylic acids is 1. The number of hydrogen-bond acceptors (Lipinski definition) is 3. The Labute approximate surface area is 130 Å². The van der Waals surface area contributed by atoms with E-state index in [1.54, 1.807) is 7.11 Å². The summed E-state index contributed by atoms with van der Waals surface area (Å²) in [6.45, 7) is 5.62. The number of benzene rings is 1. The number of nitrogens with zero attached hydrogens (tertiary/aromatic N) is 1. The van der Waals surface area contributed by atoms with Crippen molar-refractivity contribution >= 4 is 16.8 Å². The Morgan fingerprint density at radius 3 is 3.05 bits per heavy atom. The van der Waals surface area contributed by atoms with Crippen molar-refractivity contribution in [3.05, 3.63) is 36.0 Å². The molecule has 5 heteroatoms. The second-order valence-corrected chi connectivity index (χ2v) is 6.39. The number of carbonyl (C=O) groups is 1. The standard InChI is InChI=1S/C17H22N2O3/c1-17(2)11-19(9-13(22-17)10-21-3)16(20)14-6-4-5-12-7-8-18-15(12)14/h4-8,13,18H,9-11H2,1-3H3/t13-/m1/s1. The quantitative estimate of drug-likeness (QED) is 0.947. The van der Waals surface area contributed by atoms with E-state index in [0.717, 1.165) is 10.9 Å². The number of nitrogens with one attached hydrogen (secondary N) is 1. The van der Waals surface area contributed by atoms with Gasteiger partial charge in [0.15, 0.2) is 0 Å². The zero-order valence-electron chi connectivity index (χ0n) is 13.3. The zero-order chi connectivity index (χ0) is 15.7. The number of aromatic amines is 1. The van der Waals surface area contributed by atoms with Crippen molar-refractivity contribution in [2.24, 2.45) is 0 Å². The molecule has 1 aliphatic heterocycles. The molecule has 2 heterocycles. The molecule has 0 radical (unpaired) electrons. The lowest BCUT2D eigenvalue weighted by Crippen LogP contribution is -2.55. The van der Waals surface area contributed by atoms with Gasteiger partial charge in [-0.1, -0.05) is 12.1 Å². The van der Waals surface area contributed by atoms with Crippen LogP contribution in [0.15, 0.2) is 30.5 Å². The summed E-state index contributed by atoms with van der Waals surface area (Å²) >= 11 is 0. The zero-order valence-corrected chi connectivity index (χ0v) is 13.3. The van der Waals surface area contributed by atoms with E-state index in [4.69, 9.17) is 9.47 Å². The van der Waals surface area contributed by atoms with E-state index in [9.17, 15) is 4.79 Å². The molecule has 3 rings (SSSR count). The van der Waals surface area contributed by atoms with Crippen LogP contribution >= 0.6 is 0 Å². The summed E-state index contributed by atoms with van der Waals surface area (Å²) in [5, 5.41) is 1.05. The summed E-state index contributed by atoms with van der Waals surface area (Å²) in [5.74, 6) is 0.0329. The summed E-state index contributed by atoms with van der Waals surface area (Å²) < 4.78 is 11.2. The van der Waals surface area contributed by atoms with Gasteiger partial charge in [0.1, 0.15) is 0 Å². The molecular weight excluding hydrogens is 280 g/mol. The van der Waals surface area contributed by atoms with Gasteiger partial charge in [-0.15, -0.1) is 0 Å². The van der Waals surface area contributed by atoms with Crippen molar-refractivity contribution in [1.82, 2.24) is 9.88 Å². The Kier molecular flexibility index (Phi) is 3.93. The first-order valence-corrected chi connectivity index (χ1v) is 7.52. The molecule has 2 aromatic rings. The number of hydrogen-bond donors (Lipinski definition) is 1. The number of methoxy groups -OCH3 is 1. The SMILES string of the molecule is COC[C@H]1CN(C(=O)c2cccc3cc[nH]c23)CC(C)(C)O1. The lowest BCUT2D eigenvalue weighted by atomic mass is 10.0. The van der Waals surface area contributed by atoms with E-state index in [1.165, 1.54) is 0 Å². The van der Waals surface area contributed by atoms with E-state index in [-0.39, 0.29) is 17.6 Å². The minimum Gasteiger partial charge on any atom is -0.382 e. The van der Waals surface area contributed by atoms with Gasteiger partial charge in [0.25, 0.3) is 5.91 Å². The first kappa shape index (κ1) is 15.1. The number of para-hydroxylation sites is 1. The Morgan fingerprint density at radius 1 is 1.45 bits per heavy atom. The summed E-state index contributed by atoms with van der Waals surface area (Å²) in [7, 11) is 1.65. The molecule has 5 nitrogen and oxygen atoms in total. The number of ether oxygens (including phenoxy) is 2. The topological polar surface area (TPSA) is 54.6 Å². The summed E-state index contributed by atoms with van der Waals surface area (Å²) in [6.07, 6.45) is 1.76. The average Bonchev–Trinajstić information content (AvgIpc) is 2.93. The molecule has 0 bridgehead atoms. The third kappa shape index (κ3) is 2.87. The maximum atomic E-state index is 13.0. The van der Waals surface area contributed by atoms with Crippen LogP contribution in [-0.2, 0) is 9.47 Å². The van der Waals surface area contributed by atoms with E-state index in [0.29, 0.717) is 25.3 Å². The van der Waals surface area contributed by atoms with Gasteiger partial charge in [0.05, 0.1) is 29.4 Å². The molecule has 0 saturated carbocycles. The van der Waals surface area contributed by atoms with E-state index in [2.05, 4.69) is 4.98 Å². The number of H-pyrrole nitrogens is 1. The minimum atomic E-state index is -0.374. The van der Waals surface area contributed by atoms with Gasteiger partial charge in [-0.05, 0) is 26.0 Å². The molecule has 0 spiro atoms.